The average Bonchev–Trinajstić information content (AvgIpc) is 3.38. The highest BCUT2D eigenvalue weighted by Crippen LogP contribution is 2.32. The van der Waals surface area contributed by atoms with Gasteiger partial charge in [0.05, 0.1) is 25.8 Å². The number of rotatable bonds is 5. The summed E-state index contributed by atoms with van der Waals surface area (Å²) in [5.74, 6) is 3.71. The lowest BCUT2D eigenvalue weighted by Crippen LogP contribution is -2.55. The van der Waals surface area contributed by atoms with Crippen LogP contribution < -0.4 is 26.0 Å². The van der Waals surface area contributed by atoms with Crippen LogP contribution in [0.25, 0.3) is 0 Å². The summed E-state index contributed by atoms with van der Waals surface area (Å²) in [6.07, 6.45) is 3.61. The molecule has 0 aliphatic carbocycles. The lowest BCUT2D eigenvalue weighted by molar-refractivity contribution is -0.125. The largest absolute Gasteiger partial charge is 0.494 e. The van der Waals surface area contributed by atoms with Crippen LogP contribution in [-0.2, 0) is 16.1 Å². The zero-order chi connectivity index (χ0) is 27.7. The van der Waals surface area contributed by atoms with Crippen molar-refractivity contribution in [3.8, 4) is 17.6 Å². The molecule has 1 aromatic carbocycles. The van der Waals surface area contributed by atoms with E-state index in [1.807, 2.05) is 7.05 Å². The quantitative estimate of drug-likeness (QED) is 0.313. The summed E-state index contributed by atoms with van der Waals surface area (Å²) >= 11 is 0. The minimum absolute atomic E-state index is 0.0298. The van der Waals surface area contributed by atoms with E-state index >= 15 is 0 Å². The fourth-order valence-electron chi connectivity index (χ4n) is 5.21. The monoisotopic (exact) mass is 538 g/mol. The Balaban J connectivity index is 1.33. The first-order chi connectivity index (χ1) is 18.7. The number of amides is 3. The molecule has 206 valence electrons. The van der Waals surface area contributed by atoms with Crippen molar-refractivity contribution in [1.82, 2.24) is 31.1 Å². The van der Waals surface area contributed by atoms with Gasteiger partial charge in [0, 0.05) is 29.9 Å². The highest BCUT2D eigenvalue weighted by molar-refractivity contribution is 6.00. The van der Waals surface area contributed by atoms with Crippen molar-refractivity contribution in [2.45, 2.75) is 31.3 Å². The second-order valence-electron chi connectivity index (χ2n) is 10.2. The summed E-state index contributed by atoms with van der Waals surface area (Å²) in [5.41, 5.74) is -0.141. The fourth-order valence-corrected chi connectivity index (χ4v) is 5.21. The highest BCUT2D eigenvalue weighted by atomic mass is 19.1. The number of nitrogens with one attached hydrogen (secondary N) is 4. The second kappa shape index (κ2) is 10.7. The fraction of sp³-hybridized carbons (Fsp3) is 0.444. The molecule has 2 fully saturated rings. The Bertz CT molecular complexity index is 1330. The first-order valence-corrected chi connectivity index (χ1v) is 12.8. The maximum atomic E-state index is 14.8. The molecule has 4 aliphatic heterocycles. The Kier molecular flexibility index (Phi) is 7.31. The van der Waals surface area contributed by atoms with E-state index in [0.29, 0.717) is 23.4 Å². The normalized spacial score (nSPS) is 25.1. The van der Waals surface area contributed by atoms with E-state index in [1.165, 1.54) is 18.1 Å². The number of carbonyl (C=O) groups excluding carboxylic acids is 3. The molecule has 39 heavy (non-hydrogen) atoms. The molecule has 4 heterocycles. The SMILES string of the molecule is COc1ccc2c(c1F)C(=O)N(C[C@@]1(C#CC3=CNCC(NC(=O)C4CCN(C)CC4)=C3)NC(O)NC1=O)C2. The summed E-state index contributed by atoms with van der Waals surface area (Å²) in [7, 11) is 3.35. The van der Waals surface area contributed by atoms with Crippen LogP contribution in [0.15, 0.2) is 35.7 Å². The summed E-state index contributed by atoms with van der Waals surface area (Å²) in [6.45, 7) is 2.00. The van der Waals surface area contributed by atoms with E-state index in [-0.39, 0.29) is 36.2 Å². The number of nitrogens with zero attached hydrogens (tertiary/aromatic N) is 2. The Labute approximate surface area is 225 Å². The van der Waals surface area contributed by atoms with Gasteiger partial charge in [-0.05, 0) is 50.7 Å². The molecule has 0 aromatic heterocycles. The van der Waals surface area contributed by atoms with Gasteiger partial charge in [0.25, 0.3) is 11.8 Å². The lowest BCUT2D eigenvalue weighted by Gasteiger charge is -2.28. The van der Waals surface area contributed by atoms with Crippen molar-refractivity contribution < 1.29 is 28.6 Å². The summed E-state index contributed by atoms with van der Waals surface area (Å²) < 4.78 is 19.8. The molecule has 1 unspecified atom stereocenters. The number of fused-ring (bicyclic) bond motifs is 1. The van der Waals surface area contributed by atoms with E-state index in [0.717, 1.165) is 25.9 Å². The molecule has 1 aromatic rings. The van der Waals surface area contributed by atoms with E-state index in [2.05, 4.69) is 38.0 Å². The number of dihydropyridines is 1. The molecule has 4 aliphatic rings. The number of methoxy groups -OCH3 is 1. The molecule has 0 radical (unpaired) electrons. The number of halogens is 1. The van der Waals surface area contributed by atoms with Crippen LogP contribution in [0.1, 0.15) is 28.8 Å². The number of benzene rings is 1. The van der Waals surface area contributed by atoms with Crippen LogP contribution in [0.3, 0.4) is 0 Å². The standard InChI is InChI=1S/C27H31FN6O5/c1-33-9-6-17(7-10-33)23(35)30-19-11-16(12-29-13-19)5-8-27(25(37)31-26(38)32-27)15-34-14-18-3-4-20(39-2)22(28)21(18)24(34)36/h3-4,11-12,17,26,29,32,38H,6-7,9-10,13-15H2,1-2H3,(H,30,35)(H,31,37)/t26?,27-/m1/s1. The average molecular weight is 539 g/mol. The van der Waals surface area contributed by atoms with E-state index in [4.69, 9.17) is 4.74 Å². The molecule has 0 saturated carbocycles. The number of carbonyl (C=O) groups is 3. The second-order valence-corrected chi connectivity index (χ2v) is 10.2. The van der Waals surface area contributed by atoms with Crippen molar-refractivity contribution in [2.24, 2.45) is 5.92 Å². The lowest BCUT2D eigenvalue weighted by atomic mass is 9.96. The highest BCUT2D eigenvalue weighted by Gasteiger charge is 2.48. The summed E-state index contributed by atoms with van der Waals surface area (Å²) in [5, 5.41) is 21.2. The first-order valence-electron chi connectivity index (χ1n) is 12.8. The molecule has 0 spiro atoms. The molecule has 2 saturated heterocycles. The smallest absolute Gasteiger partial charge is 0.257 e. The third kappa shape index (κ3) is 5.34. The number of hydrogen-bond donors (Lipinski definition) is 5. The molecule has 5 rings (SSSR count). The number of piperidine rings is 1. The zero-order valence-corrected chi connectivity index (χ0v) is 21.8. The maximum Gasteiger partial charge on any atom is 0.257 e. The minimum Gasteiger partial charge on any atom is -0.494 e. The number of aliphatic hydroxyl groups is 1. The van der Waals surface area contributed by atoms with E-state index < -0.39 is 29.5 Å². The molecule has 2 atom stereocenters. The zero-order valence-electron chi connectivity index (χ0n) is 21.8. The number of likely N-dealkylation sites (tertiary alicyclic amines) is 1. The molecule has 0 bridgehead atoms. The Hall–Kier alpha value is -3.92. The predicted octanol–water partition coefficient (Wildman–Crippen LogP) is -0.643. The van der Waals surface area contributed by atoms with Gasteiger partial charge >= 0.3 is 0 Å². The molecular formula is C27H31FN6O5. The summed E-state index contributed by atoms with van der Waals surface area (Å²) in [6, 6.07) is 3.05. The molecule has 5 N–H and O–H groups in total. The maximum absolute atomic E-state index is 14.8. The van der Waals surface area contributed by atoms with Crippen LogP contribution in [0, 0.1) is 23.6 Å². The van der Waals surface area contributed by atoms with Crippen molar-refractivity contribution in [2.75, 3.05) is 40.3 Å². The van der Waals surface area contributed by atoms with Crippen LogP contribution >= 0.6 is 0 Å². The van der Waals surface area contributed by atoms with Crippen molar-refractivity contribution in [3.63, 3.8) is 0 Å². The molecule has 12 heteroatoms. The number of ether oxygens (including phenoxy) is 1. The number of allylic oxidation sites excluding steroid dienone is 2. The Morgan fingerprint density at radius 3 is 2.77 bits per heavy atom. The van der Waals surface area contributed by atoms with Gasteiger partial charge in [0.15, 0.2) is 23.5 Å². The van der Waals surface area contributed by atoms with Crippen LogP contribution in [0.4, 0.5) is 4.39 Å². The van der Waals surface area contributed by atoms with Crippen molar-refractivity contribution >= 4 is 17.7 Å². The van der Waals surface area contributed by atoms with Gasteiger partial charge in [-0.15, -0.1) is 0 Å². The van der Waals surface area contributed by atoms with Crippen LogP contribution in [0.2, 0.25) is 0 Å². The van der Waals surface area contributed by atoms with Gasteiger partial charge < -0.3 is 35.6 Å². The van der Waals surface area contributed by atoms with Gasteiger partial charge in [-0.25, -0.2) is 9.71 Å². The molecule has 11 nitrogen and oxygen atoms in total. The Morgan fingerprint density at radius 2 is 2.08 bits per heavy atom. The topological polar surface area (TPSA) is 135 Å². The van der Waals surface area contributed by atoms with Gasteiger partial charge in [-0.3, -0.25) is 14.4 Å². The van der Waals surface area contributed by atoms with Crippen molar-refractivity contribution in [3.05, 3.63) is 52.6 Å². The first kappa shape index (κ1) is 26.7. The van der Waals surface area contributed by atoms with Gasteiger partial charge in [0.1, 0.15) is 0 Å². The van der Waals surface area contributed by atoms with Gasteiger partial charge in [-0.2, -0.15) is 0 Å². The number of hydrogen-bond acceptors (Lipinski definition) is 8. The van der Waals surface area contributed by atoms with Gasteiger partial charge in [0.2, 0.25) is 5.91 Å². The van der Waals surface area contributed by atoms with Gasteiger partial charge in [-0.1, -0.05) is 17.9 Å². The minimum atomic E-state index is -1.65. The third-order valence-corrected chi connectivity index (χ3v) is 7.41. The van der Waals surface area contributed by atoms with Crippen LogP contribution in [-0.4, -0.2) is 84.9 Å². The van der Waals surface area contributed by atoms with Crippen LogP contribution in [0.5, 0.6) is 5.75 Å². The molecular weight excluding hydrogens is 507 g/mol. The Morgan fingerprint density at radius 1 is 1.31 bits per heavy atom. The van der Waals surface area contributed by atoms with E-state index in [9.17, 15) is 23.9 Å². The van der Waals surface area contributed by atoms with E-state index in [1.54, 1.807) is 18.3 Å². The summed E-state index contributed by atoms with van der Waals surface area (Å²) in [4.78, 5) is 42.3. The molecule has 3 amide bonds. The number of aliphatic hydroxyl groups excluding tert-OH is 1. The van der Waals surface area contributed by atoms with Crippen molar-refractivity contribution in [1.29, 1.82) is 0 Å². The predicted molar refractivity (Wildman–Crippen MR) is 138 cm³/mol. The third-order valence-electron chi connectivity index (χ3n) is 7.41.